The number of hydrogen-bond donors (Lipinski definition) is 0. The Morgan fingerprint density at radius 2 is 1.90 bits per heavy atom. The molecule has 0 aromatic heterocycles. The number of ether oxygens (including phenoxy) is 1. The third-order valence-corrected chi connectivity index (χ3v) is 3.29. The van der Waals surface area contributed by atoms with E-state index in [1.54, 1.807) is 0 Å². The van der Waals surface area contributed by atoms with Gasteiger partial charge in [0, 0.05) is 17.7 Å². The van der Waals surface area contributed by atoms with Gasteiger partial charge >= 0.3 is 5.69 Å². The van der Waals surface area contributed by atoms with Crippen LogP contribution in [0, 0.1) is 10.1 Å². The average molecular weight is 326 g/mol. The lowest BCUT2D eigenvalue weighted by atomic mass is 10.1. The van der Waals surface area contributed by atoms with Crippen LogP contribution in [-0.4, -0.2) is 10.7 Å². The molecule has 0 aliphatic rings. The quantitative estimate of drug-likeness (QED) is 0.455. The molecule has 21 heavy (non-hydrogen) atoms. The highest BCUT2D eigenvalue weighted by molar-refractivity contribution is 6.34. The number of ketones is 1. The fourth-order valence-electron chi connectivity index (χ4n) is 1.70. The standard InChI is InChI=1S/C14H9Cl2NO4/c1-8(18)10-6-5-9(7-12(10)16)21-14-11(15)3-2-4-13(14)17(19)20/h2-7H,1H3. The predicted molar refractivity (Wildman–Crippen MR) is 79.6 cm³/mol. The molecule has 2 aromatic carbocycles. The zero-order valence-corrected chi connectivity index (χ0v) is 12.3. The Kier molecular flexibility index (Phi) is 4.45. The van der Waals surface area contributed by atoms with Crippen molar-refractivity contribution in [3.8, 4) is 11.5 Å². The summed E-state index contributed by atoms with van der Waals surface area (Å²) < 4.78 is 5.45. The highest BCUT2D eigenvalue weighted by Crippen LogP contribution is 2.38. The number of rotatable bonds is 4. The molecular weight excluding hydrogens is 317 g/mol. The van der Waals surface area contributed by atoms with E-state index in [0.717, 1.165) is 0 Å². The number of hydrogen-bond acceptors (Lipinski definition) is 4. The molecule has 0 bridgehead atoms. The second-order valence-corrected chi connectivity index (χ2v) is 4.96. The number of para-hydroxylation sites is 1. The van der Waals surface area contributed by atoms with Crippen molar-refractivity contribution in [3.63, 3.8) is 0 Å². The molecule has 0 N–H and O–H groups in total. The summed E-state index contributed by atoms with van der Waals surface area (Å²) in [7, 11) is 0. The van der Waals surface area contributed by atoms with E-state index in [1.165, 1.54) is 43.3 Å². The van der Waals surface area contributed by atoms with E-state index in [0.29, 0.717) is 5.56 Å². The zero-order valence-electron chi connectivity index (χ0n) is 10.8. The van der Waals surface area contributed by atoms with E-state index < -0.39 is 4.92 Å². The number of nitrogens with zero attached hydrogens (tertiary/aromatic N) is 1. The summed E-state index contributed by atoms with van der Waals surface area (Å²) >= 11 is 11.9. The van der Waals surface area contributed by atoms with Crippen LogP contribution in [0.2, 0.25) is 10.0 Å². The first-order chi connectivity index (χ1) is 9.90. The summed E-state index contributed by atoms with van der Waals surface area (Å²) in [4.78, 5) is 21.7. The smallest absolute Gasteiger partial charge is 0.313 e. The maximum absolute atomic E-state index is 11.3. The number of nitro benzene ring substituents is 1. The van der Waals surface area contributed by atoms with E-state index in [2.05, 4.69) is 0 Å². The molecule has 0 amide bonds. The fraction of sp³-hybridized carbons (Fsp3) is 0.0714. The van der Waals surface area contributed by atoms with Crippen molar-refractivity contribution in [2.75, 3.05) is 0 Å². The van der Waals surface area contributed by atoms with Gasteiger partial charge in [0.1, 0.15) is 5.75 Å². The van der Waals surface area contributed by atoms with Gasteiger partial charge < -0.3 is 4.74 Å². The average Bonchev–Trinajstić information content (AvgIpc) is 2.40. The van der Waals surface area contributed by atoms with Crippen molar-refractivity contribution in [1.82, 2.24) is 0 Å². The van der Waals surface area contributed by atoms with Crippen LogP contribution < -0.4 is 4.74 Å². The second-order valence-electron chi connectivity index (χ2n) is 4.15. The van der Waals surface area contributed by atoms with Gasteiger partial charge in [0.2, 0.25) is 5.75 Å². The summed E-state index contributed by atoms with van der Waals surface area (Å²) in [5.74, 6) is -0.00715. The summed E-state index contributed by atoms with van der Waals surface area (Å²) in [6.07, 6.45) is 0. The summed E-state index contributed by atoms with van der Waals surface area (Å²) in [6, 6.07) is 8.62. The Bertz CT molecular complexity index is 731. The van der Waals surface area contributed by atoms with Crippen molar-refractivity contribution in [1.29, 1.82) is 0 Å². The molecule has 0 spiro atoms. The molecule has 0 fully saturated rings. The molecule has 0 atom stereocenters. The van der Waals surface area contributed by atoms with Crippen LogP contribution in [0.3, 0.4) is 0 Å². The second kappa shape index (κ2) is 6.11. The number of carbonyl (C=O) groups is 1. The van der Waals surface area contributed by atoms with Gasteiger partial charge in [-0.15, -0.1) is 0 Å². The van der Waals surface area contributed by atoms with Crippen molar-refractivity contribution in [2.45, 2.75) is 6.92 Å². The lowest BCUT2D eigenvalue weighted by Crippen LogP contribution is -1.96. The first kappa shape index (κ1) is 15.3. The Morgan fingerprint density at radius 3 is 2.48 bits per heavy atom. The highest BCUT2D eigenvalue weighted by Gasteiger charge is 2.19. The van der Waals surface area contributed by atoms with Crippen LogP contribution in [0.25, 0.3) is 0 Å². The van der Waals surface area contributed by atoms with Crippen molar-refractivity contribution in [2.24, 2.45) is 0 Å². The third kappa shape index (κ3) is 3.32. The Morgan fingerprint density at radius 1 is 1.19 bits per heavy atom. The Hall–Kier alpha value is -2.11. The molecule has 2 aromatic rings. The largest absolute Gasteiger partial charge is 0.448 e. The minimum atomic E-state index is -0.591. The van der Waals surface area contributed by atoms with E-state index in [9.17, 15) is 14.9 Å². The van der Waals surface area contributed by atoms with Crippen LogP contribution in [-0.2, 0) is 0 Å². The van der Waals surface area contributed by atoms with Crippen LogP contribution in [0.15, 0.2) is 36.4 Å². The molecule has 0 saturated heterocycles. The first-order valence-corrected chi connectivity index (χ1v) is 6.57. The zero-order chi connectivity index (χ0) is 15.6. The number of nitro groups is 1. The van der Waals surface area contributed by atoms with Gasteiger partial charge in [-0.2, -0.15) is 0 Å². The van der Waals surface area contributed by atoms with Crippen LogP contribution in [0.1, 0.15) is 17.3 Å². The van der Waals surface area contributed by atoms with Gasteiger partial charge in [0.05, 0.1) is 15.0 Å². The minimum absolute atomic E-state index is 0.0733. The molecule has 2 rings (SSSR count). The molecule has 7 heteroatoms. The first-order valence-electron chi connectivity index (χ1n) is 5.81. The number of benzene rings is 2. The summed E-state index contributed by atoms with van der Waals surface area (Å²) in [5.41, 5.74) is 0.0898. The van der Waals surface area contributed by atoms with Gasteiger partial charge in [-0.05, 0) is 25.1 Å². The van der Waals surface area contributed by atoms with E-state index in [4.69, 9.17) is 27.9 Å². The van der Waals surface area contributed by atoms with Gasteiger partial charge in [-0.1, -0.05) is 29.3 Å². The summed E-state index contributed by atoms with van der Waals surface area (Å²) in [6.45, 7) is 1.39. The van der Waals surface area contributed by atoms with Gasteiger partial charge in [0.15, 0.2) is 5.78 Å². The minimum Gasteiger partial charge on any atom is -0.448 e. The predicted octanol–water partition coefficient (Wildman–Crippen LogP) is 4.90. The molecular formula is C14H9Cl2NO4. The molecule has 0 aliphatic carbocycles. The third-order valence-electron chi connectivity index (χ3n) is 2.68. The van der Waals surface area contributed by atoms with E-state index in [-0.39, 0.29) is 33.0 Å². The van der Waals surface area contributed by atoms with Gasteiger partial charge in [-0.25, -0.2) is 0 Å². The number of halogens is 2. The molecule has 5 nitrogen and oxygen atoms in total. The van der Waals surface area contributed by atoms with Crippen LogP contribution in [0.4, 0.5) is 5.69 Å². The monoisotopic (exact) mass is 325 g/mol. The summed E-state index contributed by atoms with van der Waals surface area (Å²) in [5, 5.41) is 11.3. The van der Waals surface area contributed by atoms with Gasteiger partial charge in [0.25, 0.3) is 0 Å². The SMILES string of the molecule is CC(=O)c1ccc(Oc2c(Cl)cccc2[N+](=O)[O-])cc1Cl. The molecule has 0 saturated carbocycles. The van der Waals surface area contributed by atoms with Crippen LogP contribution >= 0.6 is 23.2 Å². The topological polar surface area (TPSA) is 69.4 Å². The van der Waals surface area contributed by atoms with E-state index in [1.807, 2.05) is 0 Å². The lowest BCUT2D eigenvalue weighted by molar-refractivity contribution is -0.385. The molecule has 0 unspecified atom stereocenters. The van der Waals surface area contributed by atoms with Crippen molar-refractivity contribution >= 4 is 34.7 Å². The van der Waals surface area contributed by atoms with Crippen molar-refractivity contribution < 1.29 is 14.5 Å². The number of Topliss-reactive ketones (excluding diaryl/α,β-unsaturated/α-hetero) is 1. The molecule has 0 radical (unpaired) electrons. The maximum Gasteiger partial charge on any atom is 0.313 e. The lowest BCUT2D eigenvalue weighted by Gasteiger charge is -2.09. The Balaban J connectivity index is 2.41. The number of carbonyl (C=O) groups excluding carboxylic acids is 1. The van der Waals surface area contributed by atoms with Crippen LogP contribution in [0.5, 0.6) is 11.5 Å². The maximum atomic E-state index is 11.3. The molecule has 108 valence electrons. The normalized spacial score (nSPS) is 10.2. The fourth-order valence-corrected chi connectivity index (χ4v) is 2.22. The van der Waals surface area contributed by atoms with Crippen molar-refractivity contribution in [3.05, 3.63) is 62.1 Å². The van der Waals surface area contributed by atoms with E-state index >= 15 is 0 Å². The van der Waals surface area contributed by atoms with Gasteiger partial charge in [-0.3, -0.25) is 14.9 Å². The highest BCUT2D eigenvalue weighted by atomic mass is 35.5. The molecule has 0 heterocycles. The Labute approximate surface area is 130 Å². The molecule has 0 aliphatic heterocycles.